The van der Waals surface area contributed by atoms with Gasteiger partial charge in [-0.25, -0.2) is 4.98 Å². The summed E-state index contributed by atoms with van der Waals surface area (Å²) in [5, 5.41) is 3.76. The van der Waals surface area contributed by atoms with E-state index in [-0.39, 0.29) is 5.25 Å². The SMILES string of the molecule is S=C(SC(Cn1ccnc1)c1ccc(Cl)cc1)c1sccc1Cc1ccc(Cl)cc1. The summed E-state index contributed by atoms with van der Waals surface area (Å²) < 4.78 is 2.99. The summed E-state index contributed by atoms with van der Waals surface area (Å²) in [4.78, 5) is 5.33. The Bertz CT molecular complexity index is 1100. The summed E-state index contributed by atoms with van der Waals surface area (Å²) in [6, 6.07) is 18.2. The molecule has 4 rings (SSSR count). The zero-order valence-electron chi connectivity index (χ0n) is 15.9. The van der Waals surface area contributed by atoms with Gasteiger partial charge in [-0.15, -0.1) is 23.1 Å². The third-order valence-electron chi connectivity index (χ3n) is 4.67. The van der Waals surface area contributed by atoms with Crippen molar-refractivity contribution < 1.29 is 0 Å². The molecule has 0 aliphatic rings. The molecule has 0 radical (unpaired) electrons. The summed E-state index contributed by atoms with van der Waals surface area (Å²) in [7, 11) is 0. The Morgan fingerprint density at radius 1 is 1.03 bits per heavy atom. The van der Waals surface area contributed by atoms with Crippen molar-refractivity contribution in [1.29, 1.82) is 0 Å². The Balaban J connectivity index is 1.54. The molecule has 2 aromatic heterocycles. The van der Waals surface area contributed by atoms with Crippen LogP contribution in [0.2, 0.25) is 10.0 Å². The zero-order chi connectivity index (χ0) is 20.9. The Morgan fingerprint density at radius 3 is 2.40 bits per heavy atom. The van der Waals surface area contributed by atoms with Crippen molar-refractivity contribution in [3.8, 4) is 0 Å². The molecule has 1 atom stereocenters. The molecule has 0 bridgehead atoms. The molecule has 0 aliphatic carbocycles. The van der Waals surface area contributed by atoms with Gasteiger partial charge in [0.2, 0.25) is 0 Å². The van der Waals surface area contributed by atoms with Gasteiger partial charge >= 0.3 is 0 Å². The normalized spacial score (nSPS) is 12.1. The first-order valence-electron chi connectivity index (χ1n) is 9.31. The molecule has 0 aliphatic heterocycles. The molecule has 7 heteroatoms. The molecule has 2 aromatic carbocycles. The molecule has 1 unspecified atom stereocenters. The minimum absolute atomic E-state index is 0.162. The number of thiocarbonyl (C=S) groups is 1. The van der Waals surface area contributed by atoms with Crippen molar-refractivity contribution in [1.82, 2.24) is 9.55 Å². The van der Waals surface area contributed by atoms with Crippen molar-refractivity contribution in [3.05, 3.63) is 110 Å². The fourth-order valence-electron chi connectivity index (χ4n) is 3.13. The molecule has 0 N–H and O–H groups in total. The van der Waals surface area contributed by atoms with Gasteiger partial charge in [0, 0.05) is 29.0 Å². The van der Waals surface area contributed by atoms with Gasteiger partial charge in [0.25, 0.3) is 0 Å². The lowest BCUT2D eigenvalue weighted by Crippen LogP contribution is -2.08. The van der Waals surface area contributed by atoms with Gasteiger partial charge in [0.15, 0.2) is 0 Å². The topological polar surface area (TPSA) is 17.8 Å². The predicted octanol–water partition coefficient (Wildman–Crippen LogP) is 7.69. The Labute approximate surface area is 199 Å². The van der Waals surface area contributed by atoms with Crippen molar-refractivity contribution in [2.75, 3.05) is 0 Å². The second-order valence-corrected chi connectivity index (χ2v) is 10.5. The number of rotatable bonds is 7. The molecule has 2 nitrogen and oxygen atoms in total. The van der Waals surface area contributed by atoms with Crippen LogP contribution in [0.3, 0.4) is 0 Å². The average Bonchev–Trinajstić information content (AvgIpc) is 3.42. The highest BCUT2D eigenvalue weighted by molar-refractivity contribution is 8.24. The van der Waals surface area contributed by atoms with Gasteiger partial charge in [-0.3, -0.25) is 0 Å². The van der Waals surface area contributed by atoms with E-state index in [1.165, 1.54) is 16.7 Å². The predicted molar refractivity (Wildman–Crippen MR) is 134 cm³/mol. The summed E-state index contributed by atoms with van der Waals surface area (Å²) in [5.74, 6) is 0. The van der Waals surface area contributed by atoms with Gasteiger partial charge in [0.1, 0.15) is 0 Å². The highest BCUT2D eigenvalue weighted by atomic mass is 35.5. The van der Waals surface area contributed by atoms with Crippen LogP contribution in [-0.2, 0) is 13.0 Å². The number of hydrogen-bond donors (Lipinski definition) is 0. The molecule has 0 saturated carbocycles. The summed E-state index contributed by atoms with van der Waals surface area (Å²) >= 11 is 21.4. The van der Waals surface area contributed by atoms with E-state index in [9.17, 15) is 0 Å². The van der Waals surface area contributed by atoms with Crippen LogP contribution in [0.25, 0.3) is 0 Å². The molecule has 0 spiro atoms. The van der Waals surface area contributed by atoms with Crippen molar-refractivity contribution in [2.45, 2.75) is 18.2 Å². The molecule has 2 heterocycles. The van der Waals surface area contributed by atoms with Crippen LogP contribution >= 0.6 is 58.5 Å². The Morgan fingerprint density at radius 2 is 1.73 bits per heavy atom. The van der Waals surface area contributed by atoms with Gasteiger partial charge in [-0.2, -0.15) is 0 Å². The van der Waals surface area contributed by atoms with E-state index in [1.54, 1.807) is 29.3 Å². The molecule has 152 valence electrons. The van der Waals surface area contributed by atoms with Crippen LogP contribution in [-0.4, -0.2) is 13.7 Å². The lowest BCUT2D eigenvalue weighted by Gasteiger charge is -2.18. The molecular weight excluding hydrogens is 471 g/mol. The van der Waals surface area contributed by atoms with Gasteiger partial charge in [-0.1, -0.05) is 59.7 Å². The van der Waals surface area contributed by atoms with Crippen LogP contribution < -0.4 is 0 Å². The van der Waals surface area contributed by atoms with Gasteiger partial charge in [-0.05, 0) is 58.8 Å². The molecule has 4 aromatic rings. The number of nitrogens with zero attached hydrogens (tertiary/aromatic N) is 2. The average molecular weight is 490 g/mol. The maximum Gasteiger partial charge on any atom is 0.0946 e. The number of benzene rings is 2. The van der Waals surface area contributed by atoms with E-state index < -0.39 is 0 Å². The summed E-state index contributed by atoms with van der Waals surface area (Å²) in [6.45, 7) is 0.782. The lowest BCUT2D eigenvalue weighted by atomic mass is 10.1. The van der Waals surface area contributed by atoms with Crippen LogP contribution in [0.1, 0.15) is 26.8 Å². The Kier molecular flexibility index (Phi) is 7.28. The lowest BCUT2D eigenvalue weighted by molar-refractivity contribution is 0.685. The fraction of sp³-hybridized carbons (Fsp3) is 0.130. The zero-order valence-corrected chi connectivity index (χ0v) is 19.8. The molecule has 30 heavy (non-hydrogen) atoms. The highest BCUT2D eigenvalue weighted by Crippen LogP contribution is 2.37. The number of thioether (sulfide) groups is 1. The number of imidazole rings is 1. The first-order chi connectivity index (χ1) is 14.6. The standard InChI is InChI=1S/C23H18Cl2N2S3/c24-19-5-1-16(2-6-19)13-18-9-12-29-22(18)23(28)30-21(14-27-11-10-26-15-27)17-3-7-20(25)8-4-17/h1-12,15,21H,13-14H2. The highest BCUT2D eigenvalue weighted by Gasteiger charge is 2.19. The first-order valence-corrected chi connectivity index (χ1v) is 12.2. The van der Waals surface area contributed by atoms with Crippen LogP contribution in [0.5, 0.6) is 0 Å². The third-order valence-corrected chi connectivity index (χ3v) is 8.02. The largest absolute Gasteiger partial charge is 0.336 e. The van der Waals surface area contributed by atoms with E-state index in [2.05, 4.69) is 45.3 Å². The number of thiophene rings is 1. The first kappa shape index (κ1) is 21.6. The maximum absolute atomic E-state index is 6.10. The minimum atomic E-state index is 0.162. The molecular formula is C23H18Cl2N2S3. The molecule has 0 amide bonds. The van der Waals surface area contributed by atoms with E-state index in [0.29, 0.717) is 0 Å². The van der Waals surface area contributed by atoms with Crippen LogP contribution in [0.15, 0.2) is 78.7 Å². The second-order valence-electron chi connectivity index (χ2n) is 6.78. The smallest absolute Gasteiger partial charge is 0.0946 e. The number of hydrogen-bond acceptors (Lipinski definition) is 4. The van der Waals surface area contributed by atoms with Gasteiger partial charge < -0.3 is 4.57 Å². The van der Waals surface area contributed by atoms with E-state index >= 15 is 0 Å². The van der Waals surface area contributed by atoms with Crippen molar-refractivity contribution >= 4 is 62.7 Å². The number of halogens is 2. The fourth-order valence-corrected chi connectivity index (χ4v) is 6.09. The van der Waals surface area contributed by atoms with Crippen molar-refractivity contribution in [2.24, 2.45) is 0 Å². The van der Waals surface area contributed by atoms with Crippen LogP contribution in [0, 0.1) is 0 Å². The monoisotopic (exact) mass is 488 g/mol. The second kappa shape index (κ2) is 10.1. The molecule has 0 saturated heterocycles. The Hall–Kier alpha value is -1.63. The minimum Gasteiger partial charge on any atom is -0.336 e. The number of aromatic nitrogens is 2. The third kappa shape index (κ3) is 5.54. The van der Waals surface area contributed by atoms with Gasteiger partial charge in [0.05, 0.1) is 20.7 Å². The van der Waals surface area contributed by atoms with E-state index in [1.807, 2.05) is 36.8 Å². The van der Waals surface area contributed by atoms with E-state index in [4.69, 9.17) is 35.4 Å². The van der Waals surface area contributed by atoms with E-state index in [0.717, 1.165) is 32.1 Å². The quantitative estimate of drug-likeness (QED) is 0.248. The summed E-state index contributed by atoms with van der Waals surface area (Å²) in [6.07, 6.45) is 6.45. The van der Waals surface area contributed by atoms with Crippen LogP contribution in [0.4, 0.5) is 0 Å². The maximum atomic E-state index is 6.10. The summed E-state index contributed by atoms with van der Waals surface area (Å²) in [5.41, 5.74) is 3.66. The molecule has 0 fully saturated rings. The van der Waals surface area contributed by atoms with Crippen molar-refractivity contribution in [3.63, 3.8) is 0 Å².